The minimum atomic E-state index is -5.75. The Kier molecular flexibility index (Phi) is 10.6. The van der Waals surface area contributed by atoms with Gasteiger partial charge in [0.05, 0.1) is 0 Å². The SMILES string of the molecule is Nc1ccc(ON2P(Oc3ccc(N)cc3)(Oc3ccc(N)cc3)=NPNP2(Oc2ccc(N)cc2)(Oc2ccc(N)cc2)Oc2ccc(C(F)(F)F)cc2)cc1. The zero-order chi connectivity index (χ0) is 40.3. The molecule has 6 aromatic rings. The van der Waals surface area contributed by atoms with Crippen LogP contribution in [0.1, 0.15) is 5.56 Å². The minimum absolute atomic E-state index is 0.118. The van der Waals surface area contributed by atoms with Gasteiger partial charge in [0.1, 0.15) is 0 Å². The van der Waals surface area contributed by atoms with Crippen molar-refractivity contribution in [3.63, 3.8) is 0 Å². The number of anilines is 5. The van der Waals surface area contributed by atoms with Crippen LogP contribution < -0.4 is 61.0 Å². The average molecular weight is 839 g/mol. The fourth-order valence-electron chi connectivity index (χ4n) is 5.20. The molecule has 1 unspecified atom stereocenters. The van der Waals surface area contributed by atoms with E-state index in [1.54, 1.807) is 121 Å². The molecular weight excluding hydrogens is 802 g/mol. The number of hydrogen-bond donors (Lipinski definition) is 6. The number of nitrogens with two attached hydrogens (primary N) is 5. The Labute approximate surface area is 327 Å². The van der Waals surface area contributed by atoms with Gasteiger partial charge in [-0.15, -0.1) is 0 Å². The standard InChI is InChI=1S/C37H36F3N8O6P3/c38-37(39,40)25-1-13-34(14-2-25)52-57(53-35-21-9-29(44)10-22-35,54-36-23-11-30(45)12-24-36)47-55-46-56(50-32-17-5-27(42)6-18-32,51-33-19-7-28(43)8-20-33)48(57)49-31-15-3-26(41)4-16-31/h1-24,47,55H,41-45H2. The van der Waals surface area contributed by atoms with E-state index in [0.29, 0.717) is 28.4 Å². The van der Waals surface area contributed by atoms with Crippen LogP contribution in [-0.2, 0) is 6.18 Å². The summed E-state index contributed by atoms with van der Waals surface area (Å²) in [6.45, 7) is 0. The van der Waals surface area contributed by atoms with Gasteiger partial charge in [-0.2, -0.15) is 0 Å². The first-order valence-electron chi connectivity index (χ1n) is 16.8. The predicted octanol–water partition coefficient (Wildman–Crippen LogP) is 9.79. The van der Waals surface area contributed by atoms with Crippen LogP contribution in [0.25, 0.3) is 0 Å². The van der Waals surface area contributed by atoms with Gasteiger partial charge in [-0.25, -0.2) is 0 Å². The summed E-state index contributed by atoms with van der Waals surface area (Å²) in [5, 5.41) is 0. The van der Waals surface area contributed by atoms with Crippen LogP contribution in [0, 0.1) is 0 Å². The molecule has 0 bridgehead atoms. The molecule has 0 spiro atoms. The topological polar surface area (TPSA) is 213 Å². The zero-order valence-corrected chi connectivity index (χ0v) is 32.4. The molecule has 0 amide bonds. The number of nitrogens with one attached hydrogen (secondary N) is 1. The molecule has 6 aromatic carbocycles. The summed E-state index contributed by atoms with van der Waals surface area (Å²) in [4.78, 5) is 10.0. The molecule has 7 rings (SSSR count). The molecular formula is C37H36F3N8O6P3. The van der Waals surface area contributed by atoms with E-state index in [1.165, 1.54) is 0 Å². The Bertz CT molecular complexity index is 2280. The summed E-state index contributed by atoms with van der Waals surface area (Å²) in [7, 11) is -10.7. The molecule has 0 saturated carbocycles. The summed E-state index contributed by atoms with van der Waals surface area (Å²) in [5.41, 5.74) is 31.5. The molecule has 296 valence electrons. The number of hydrogen-bond acceptors (Lipinski definition) is 14. The van der Waals surface area contributed by atoms with Crippen molar-refractivity contribution in [1.29, 1.82) is 0 Å². The first-order valence-corrected chi connectivity index (χ1v) is 21.2. The van der Waals surface area contributed by atoms with Crippen LogP contribution in [-0.4, -0.2) is 4.60 Å². The van der Waals surface area contributed by atoms with Crippen molar-refractivity contribution < 1.29 is 40.6 Å². The summed E-state index contributed by atoms with van der Waals surface area (Å²) < 4.78 is 82.2. The van der Waals surface area contributed by atoms with Gasteiger partial charge in [0, 0.05) is 0 Å². The third-order valence-corrected chi connectivity index (χ3v) is 16.5. The Morgan fingerprint density at radius 3 is 1.16 bits per heavy atom. The second-order valence-corrected chi connectivity index (χ2v) is 18.9. The van der Waals surface area contributed by atoms with E-state index in [4.69, 9.17) is 60.6 Å². The Hall–Kier alpha value is -6.08. The second-order valence-electron chi connectivity index (χ2n) is 12.3. The van der Waals surface area contributed by atoms with Crippen LogP contribution in [0.2, 0.25) is 0 Å². The van der Waals surface area contributed by atoms with E-state index >= 15 is 0 Å². The van der Waals surface area contributed by atoms with Gasteiger partial charge in [0.15, 0.2) is 0 Å². The van der Waals surface area contributed by atoms with Gasteiger partial charge in [-0.05, 0) is 0 Å². The van der Waals surface area contributed by atoms with E-state index in [-0.39, 0.29) is 34.5 Å². The van der Waals surface area contributed by atoms with Crippen molar-refractivity contribution in [2.75, 3.05) is 28.7 Å². The Morgan fingerprint density at radius 1 is 0.491 bits per heavy atom. The second kappa shape index (κ2) is 15.5. The summed E-state index contributed by atoms with van der Waals surface area (Å²) in [5.74, 6) is 0.680. The van der Waals surface area contributed by atoms with Crippen molar-refractivity contribution >= 4 is 52.6 Å². The molecule has 1 aliphatic heterocycles. The van der Waals surface area contributed by atoms with Gasteiger partial charge >= 0.3 is 328 Å². The third-order valence-electron chi connectivity index (χ3n) is 7.94. The van der Waals surface area contributed by atoms with Gasteiger partial charge in [0.2, 0.25) is 0 Å². The molecule has 57 heavy (non-hydrogen) atoms. The van der Waals surface area contributed by atoms with Crippen LogP contribution >= 0.6 is 24.1 Å². The summed E-state index contributed by atoms with van der Waals surface area (Å²) >= 11 is 0. The maximum atomic E-state index is 13.9. The summed E-state index contributed by atoms with van der Waals surface area (Å²) in [6, 6.07) is 35.5. The van der Waals surface area contributed by atoms with Gasteiger partial charge in [-0.1, -0.05) is 0 Å². The fourth-order valence-corrected chi connectivity index (χ4v) is 14.6. The number of nitrogen functional groups attached to an aromatic ring is 5. The quantitative estimate of drug-likeness (QED) is 0.0501. The normalized spacial score (nSPS) is 16.9. The molecule has 0 aliphatic carbocycles. The first kappa shape index (κ1) is 39.2. The molecule has 0 radical (unpaired) electrons. The molecule has 20 heteroatoms. The van der Waals surface area contributed by atoms with E-state index in [2.05, 4.69) is 4.86 Å². The molecule has 0 aromatic heterocycles. The number of nitrogens with zero attached hydrogens (tertiary/aromatic N) is 2. The fraction of sp³-hybridized carbons (Fsp3) is 0.0270. The maximum absolute atomic E-state index is 13.9. The summed E-state index contributed by atoms with van der Waals surface area (Å²) in [6.07, 6.45) is -4.65. The molecule has 1 atom stereocenters. The van der Waals surface area contributed by atoms with Crippen molar-refractivity contribution in [2.24, 2.45) is 4.52 Å². The molecule has 0 fully saturated rings. The number of halogens is 3. The van der Waals surface area contributed by atoms with E-state index < -0.39 is 35.9 Å². The number of benzene rings is 6. The zero-order valence-electron chi connectivity index (χ0n) is 29.6. The van der Waals surface area contributed by atoms with E-state index in [1.807, 2.05) is 0 Å². The Balaban J connectivity index is 1.56. The van der Waals surface area contributed by atoms with Crippen molar-refractivity contribution in [2.45, 2.75) is 6.18 Å². The molecule has 11 N–H and O–H groups in total. The van der Waals surface area contributed by atoms with Gasteiger partial charge in [0.25, 0.3) is 0 Å². The van der Waals surface area contributed by atoms with Gasteiger partial charge in [-0.3, -0.25) is 0 Å². The molecule has 1 aliphatic rings. The van der Waals surface area contributed by atoms with E-state index in [9.17, 15) is 13.2 Å². The average Bonchev–Trinajstić information content (AvgIpc) is 3.18. The van der Waals surface area contributed by atoms with Crippen LogP contribution in [0.15, 0.2) is 150 Å². The van der Waals surface area contributed by atoms with Crippen LogP contribution in [0.5, 0.6) is 34.5 Å². The predicted molar refractivity (Wildman–Crippen MR) is 219 cm³/mol. The molecule has 0 saturated heterocycles. The third kappa shape index (κ3) is 8.68. The first-order chi connectivity index (χ1) is 27.2. The van der Waals surface area contributed by atoms with Crippen LogP contribution in [0.3, 0.4) is 0 Å². The molecule has 14 nitrogen and oxygen atoms in total. The van der Waals surface area contributed by atoms with Crippen LogP contribution in [0.4, 0.5) is 41.6 Å². The van der Waals surface area contributed by atoms with Gasteiger partial charge < -0.3 is 0 Å². The Morgan fingerprint density at radius 2 is 0.807 bits per heavy atom. The monoisotopic (exact) mass is 838 g/mol. The van der Waals surface area contributed by atoms with Crippen molar-refractivity contribution in [3.05, 3.63) is 151 Å². The van der Waals surface area contributed by atoms with Crippen molar-refractivity contribution in [1.82, 2.24) is 9.46 Å². The molecule has 1 heterocycles. The number of rotatable bonds is 12. The number of alkyl halides is 3. The van der Waals surface area contributed by atoms with E-state index in [0.717, 1.165) is 28.9 Å². The van der Waals surface area contributed by atoms with Crippen molar-refractivity contribution in [3.8, 4) is 34.5 Å².